The summed E-state index contributed by atoms with van der Waals surface area (Å²) in [5.41, 5.74) is 1.21. The lowest BCUT2D eigenvalue weighted by atomic mass is 10.0. The Morgan fingerprint density at radius 3 is 2.59 bits per heavy atom. The van der Waals surface area contributed by atoms with Crippen molar-refractivity contribution >= 4 is 29.7 Å². The van der Waals surface area contributed by atoms with E-state index in [-0.39, 0.29) is 35.9 Å². The van der Waals surface area contributed by atoms with Gasteiger partial charge in [-0.1, -0.05) is 0 Å². The van der Waals surface area contributed by atoms with E-state index in [2.05, 4.69) is 21.5 Å². The van der Waals surface area contributed by atoms with E-state index < -0.39 is 0 Å². The Morgan fingerprint density at radius 1 is 1.38 bits per heavy atom. The van der Waals surface area contributed by atoms with Crippen LogP contribution in [0.3, 0.4) is 0 Å². The van der Waals surface area contributed by atoms with E-state index in [1.54, 1.807) is 16.3 Å². The Morgan fingerprint density at radius 2 is 2.03 bits per heavy atom. The molecule has 7 nitrogen and oxygen atoms in total. The molecule has 2 aromatic heterocycles. The average molecular weight is 437 g/mol. The first kappa shape index (κ1) is 23.3. The molecule has 0 unspecified atom stereocenters. The lowest BCUT2D eigenvalue weighted by Crippen LogP contribution is -2.49. The molecule has 9 heteroatoms. The quantitative estimate of drug-likeness (QED) is 0.790. The zero-order chi connectivity index (χ0) is 20.5. The van der Waals surface area contributed by atoms with Crippen LogP contribution in [-0.4, -0.2) is 50.7 Å². The number of nitrogens with one attached hydrogen (secondary N) is 1. The molecule has 2 aromatic rings. The van der Waals surface area contributed by atoms with Gasteiger partial charge >= 0.3 is 0 Å². The van der Waals surface area contributed by atoms with Crippen LogP contribution in [0.1, 0.15) is 63.5 Å². The number of nitrogens with zero attached hydrogens (tertiary/aromatic N) is 5. The molecule has 0 bridgehead atoms. The summed E-state index contributed by atoms with van der Waals surface area (Å²) in [6, 6.07) is 2.54. The second-order valence-electron chi connectivity index (χ2n) is 8.44. The third kappa shape index (κ3) is 4.97. The molecule has 158 valence electrons. The van der Waals surface area contributed by atoms with Crippen molar-refractivity contribution in [1.29, 1.82) is 5.26 Å². The Hall–Kier alpha value is -1.95. The van der Waals surface area contributed by atoms with Crippen LogP contribution in [0.2, 0.25) is 0 Å². The molecule has 0 aliphatic carbocycles. The fourth-order valence-electron chi connectivity index (χ4n) is 3.48. The van der Waals surface area contributed by atoms with Gasteiger partial charge in [-0.15, -0.1) is 23.7 Å². The van der Waals surface area contributed by atoms with E-state index in [0.29, 0.717) is 22.0 Å². The van der Waals surface area contributed by atoms with Crippen molar-refractivity contribution in [3.05, 3.63) is 22.8 Å². The first-order valence-corrected chi connectivity index (χ1v) is 10.6. The molecule has 1 saturated heterocycles. The van der Waals surface area contributed by atoms with Crippen LogP contribution in [0.15, 0.2) is 11.6 Å². The smallest absolute Gasteiger partial charge is 0.273 e. The van der Waals surface area contributed by atoms with E-state index in [1.807, 2.05) is 39.5 Å². The first-order chi connectivity index (χ1) is 13.2. The van der Waals surface area contributed by atoms with Crippen LogP contribution in [0.5, 0.6) is 0 Å². The third-order valence-corrected chi connectivity index (χ3v) is 5.79. The molecular weight excluding hydrogens is 408 g/mol. The van der Waals surface area contributed by atoms with Crippen molar-refractivity contribution in [2.45, 2.75) is 65.1 Å². The fourth-order valence-corrected chi connectivity index (χ4v) is 4.27. The minimum absolute atomic E-state index is 0. The average Bonchev–Trinajstić information content (AvgIpc) is 3.29. The van der Waals surface area contributed by atoms with Gasteiger partial charge in [-0.2, -0.15) is 10.4 Å². The van der Waals surface area contributed by atoms with Crippen molar-refractivity contribution in [1.82, 2.24) is 25.0 Å². The summed E-state index contributed by atoms with van der Waals surface area (Å²) in [5, 5.41) is 19.8. The summed E-state index contributed by atoms with van der Waals surface area (Å²) in [6.45, 7) is 12.0. The second-order valence-corrected chi connectivity index (χ2v) is 9.30. The Labute approximate surface area is 182 Å². The number of halogens is 1. The molecule has 0 radical (unpaired) electrons. The molecular formula is C20H29ClN6OS. The predicted octanol–water partition coefficient (Wildman–Crippen LogP) is 3.66. The number of carbonyl (C=O) groups excluding carboxylic acids is 1. The van der Waals surface area contributed by atoms with Crippen molar-refractivity contribution in [2.75, 3.05) is 13.1 Å². The fraction of sp³-hybridized carbons (Fsp3) is 0.600. The number of amides is 1. The lowest BCUT2D eigenvalue weighted by Gasteiger charge is -2.37. The van der Waals surface area contributed by atoms with Crippen LogP contribution in [0.25, 0.3) is 10.7 Å². The molecule has 0 spiro atoms. The highest BCUT2D eigenvalue weighted by Gasteiger charge is 2.30. The van der Waals surface area contributed by atoms with Crippen LogP contribution >= 0.6 is 23.7 Å². The number of thiazole rings is 1. The lowest BCUT2D eigenvalue weighted by molar-refractivity contribution is 0.0560. The van der Waals surface area contributed by atoms with Gasteiger partial charge in [-0.3, -0.25) is 9.48 Å². The second kappa shape index (κ2) is 9.24. The molecule has 0 atom stereocenters. The van der Waals surface area contributed by atoms with Crippen molar-refractivity contribution in [3.63, 3.8) is 0 Å². The van der Waals surface area contributed by atoms with Crippen molar-refractivity contribution < 1.29 is 4.79 Å². The topological polar surface area (TPSA) is 86.8 Å². The summed E-state index contributed by atoms with van der Waals surface area (Å²) in [5.74, 6) is -0.0434. The number of aromatic nitrogens is 3. The van der Waals surface area contributed by atoms with Gasteiger partial charge in [0.25, 0.3) is 5.91 Å². The summed E-state index contributed by atoms with van der Waals surface area (Å²) in [4.78, 5) is 19.7. The predicted molar refractivity (Wildman–Crippen MR) is 117 cm³/mol. The minimum atomic E-state index is -0.233. The summed E-state index contributed by atoms with van der Waals surface area (Å²) in [7, 11) is 0. The van der Waals surface area contributed by atoms with Gasteiger partial charge in [0.2, 0.25) is 0 Å². The van der Waals surface area contributed by atoms with Crippen LogP contribution in [0.4, 0.5) is 0 Å². The molecule has 3 heterocycles. The van der Waals surface area contributed by atoms with E-state index >= 15 is 0 Å². The highest BCUT2D eigenvalue weighted by molar-refractivity contribution is 7.13. The molecule has 1 aliphatic heterocycles. The SMILES string of the molecule is CC(C)N(C(=O)c1csc(-c2nn(C(C)(C)C)cc2C#N)n1)C1CCNCC1.Cl. The molecule has 1 aliphatic rings. The maximum atomic E-state index is 13.2. The van der Waals surface area contributed by atoms with Gasteiger partial charge in [0.1, 0.15) is 28.0 Å². The third-order valence-electron chi connectivity index (χ3n) is 4.94. The van der Waals surface area contributed by atoms with Crippen LogP contribution in [0, 0.1) is 11.3 Å². The molecule has 0 aromatic carbocycles. The van der Waals surface area contributed by atoms with Gasteiger partial charge in [-0.25, -0.2) is 4.98 Å². The normalized spacial score (nSPS) is 15.1. The largest absolute Gasteiger partial charge is 0.332 e. The number of rotatable bonds is 4. The first-order valence-electron chi connectivity index (χ1n) is 9.72. The zero-order valence-corrected chi connectivity index (χ0v) is 19.2. The minimum Gasteiger partial charge on any atom is -0.332 e. The van der Waals surface area contributed by atoms with Crippen LogP contribution < -0.4 is 5.32 Å². The van der Waals surface area contributed by atoms with Gasteiger partial charge < -0.3 is 10.2 Å². The zero-order valence-electron chi connectivity index (χ0n) is 17.6. The van der Waals surface area contributed by atoms with Crippen molar-refractivity contribution in [2.24, 2.45) is 0 Å². The summed E-state index contributed by atoms with van der Waals surface area (Å²) in [6.07, 6.45) is 3.65. The number of nitriles is 1. The van der Waals surface area contributed by atoms with E-state index in [1.165, 1.54) is 11.3 Å². The van der Waals surface area contributed by atoms with Gasteiger partial charge in [0, 0.05) is 23.7 Å². The van der Waals surface area contributed by atoms with Crippen LogP contribution in [-0.2, 0) is 5.54 Å². The number of carbonyl (C=O) groups is 1. The Balaban J connectivity index is 0.00000300. The van der Waals surface area contributed by atoms with Gasteiger partial charge in [0.05, 0.1) is 5.54 Å². The maximum absolute atomic E-state index is 13.2. The molecule has 1 fully saturated rings. The maximum Gasteiger partial charge on any atom is 0.273 e. The molecule has 1 amide bonds. The van der Waals surface area contributed by atoms with Gasteiger partial charge in [0.15, 0.2) is 0 Å². The molecule has 0 saturated carbocycles. The molecule has 29 heavy (non-hydrogen) atoms. The van der Waals surface area contributed by atoms with E-state index in [9.17, 15) is 10.1 Å². The molecule has 1 N–H and O–H groups in total. The van der Waals surface area contributed by atoms with Crippen molar-refractivity contribution in [3.8, 4) is 16.8 Å². The number of piperidine rings is 1. The molecule has 3 rings (SSSR count). The standard InChI is InChI=1S/C20H28N6OS.ClH/c1-13(2)26(15-6-8-22-9-7-15)19(27)16-12-28-18(23-16)17-14(10-21)11-25(24-17)20(3,4)5;/h11-13,15,22H,6-9H2,1-5H3;1H. The van der Waals surface area contributed by atoms with E-state index in [0.717, 1.165) is 25.9 Å². The summed E-state index contributed by atoms with van der Waals surface area (Å²) >= 11 is 1.36. The van der Waals surface area contributed by atoms with Gasteiger partial charge in [-0.05, 0) is 60.5 Å². The highest BCUT2D eigenvalue weighted by Crippen LogP contribution is 2.29. The number of hydrogen-bond acceptors (Lipinski definition) is 6. The monoisotopic (exact) mass is 436 g/mol. The Bertz CT molecular complexity index is 886. The highest BCUT2D eigenvalue weighted by atomic mass is 35.5. The summed E-state index contributed by atoms with van der Waals surface area (Å²) < 4.78 is 1.78. The Kier molecular flexibility index (Phi) is 7.44. The number of hydrogen-bond donors (Lipinski definition) is 1. The van der Waals surface area contributed by atoms with E-state index in [4.69, 9.17) is 0 Å².